The van der Waals surface area contributed by atoms with Gasteiger partial charge in [0.1, 0.15) is 11.9 Å². The average molecular weight is 237 g/mol. The highest BCUT2D eigenvalue weighted by Crippen LogP contribution is 2.50. The van der Waals surface area contributed by atoms with Crippen LogP contribution >= 0.6 is 0 Å². The van der Waals surface area contributed by atoms with Gasteiger partial charge in [0, 0.05) is 5.41 Å². The Bertz CT molecular complexity index is 434. The van der Waals surface area contributed by atoms with Crippen molar-refractivity contribution in [2.75, 3.05) is 7.11 Å². The Hall–Kier alpha value is -1.42. The Balaban J connectivity index is 2.35. The molecule has 17 heavy (non-hydrogen) atoms. The first-order valence-corrected chi connectivity index (χ1v) is 5.61. The van der Waals surface area contributed by atoms with Gasteiger partial charge in [-0.3, -0.25) is 4.79 Å². The average Bonchev–Trinajstić information content (AvgIpc) is 3.07. The topological polar surface area (TPSA) is 52.3 Å². The summed E-state index contributed by atoms with van der Waals surface area (Å²) in [6, 6.07) is 4.10. The van der Waals surface area contributed by atoms with Crippen LogP contribution in [0.1, 0.15) is 24.0 Å². The van der Waals surface area contributed by atoms with Crippen molar-refractivity contribution in [3.8, 4) is 0 Å². The Morgan fingerprint density at radius 3 is 2.59 bits per heavy atom. The number of hydrogen-bond donors (Lipinski definition) is 1. The highest BCUT2D eigenvalue weighted by atomic mass is 19.1. The summed E-state index contributed by atoms with van der Waals surface area (Å²) in [5, 5.41) is 0. The normalized spacial score (nSPS) is 18.6. The zero-order chi connectivity index (χ0) is 12.6. The third kappa shape index (κ3) is 2.05. The third-order valence-electron chi connectivity index (χ3n) is 3.46. The van der Waals surface area contributed by atoms with Crippen LogP contribution in [-0.2, 0) is 14.9 Å². The van der Waals surface area contributed by atoms with E-state index in [-0.39, 0.29) is 5.82 Å². The lowest BCUT2D eigenvalue weighted by Crippen LogP contribution is -2.42. The Labute approximate surface area is 99.8 Å². The SMILES string of the molecule is COC(=O)C(N)C1(c2cc(C)cc(F)c2)CC1. The van der Waals surface area contributed by atoms with Gasteiger partial charge in [-0.1, -0.05) is 6.07 Å². The molecule has 0 radical (unpaired) electrons. The Morgan fingerprint density at radius 2 is 2.12 bits per heavy atom. The number of carbonyl (C=O) groups excluding carboxylic acids is 1. The zero-order valence-corrected chi connectivity index (χ0v) is 10.00. The van der Waals surface area contributed by atoms with Crippen molar-refractivity contribution in [1.82, 2.24) is 0 Å². The second-order valence-corrected chi connectivity index (χ2v) is 4.67. The minimum Gasteiger partial charge on any atom is -0.468 e. The molecule has 1 saturated carbocycles. The predicted octanol–water partition coefficient (Wildman–Crippen LogP) is 1.67. The summed E-state index contributed by atoms with van der Waals surface area (Å²) < 4.78 is 18.0. The van der Waals surface area contributed by atoms with Gasteiger partial charge in [-0.2, -0.15) is 0 Å². The number of benzene rings is 1. The van der Waals surface area contributed by atoms with Crippen molar-refractivity contribution in [3.05, 3.63) is 35.1 Å². The van der Waals surface area contributed by atoms with Gasteiger partial charge in [0.05, 0.1) is 7.11 Å². The molecule has 2 N–H and O–H groups in total. The number of carbonyl (C=O) groups is 1. The van der Waals surface area contributed by atoms with Gasteiger partial charge in [0.25, 0.3) is 0 Å². The molecule has 0 aliphatic heterocycles. The van der Waals surface area contributed by atoms with Gasteiger partial charge >= 0.3 is 5.97 Å². The van der Waals surface area contributed by atoms with Crippen LogP contribution in [0.2, 0.25) is 0 Å². The molecule has 0 heterocycles. The Morgan fingerprint density at radius 1 is 1.47 bits per heavy atom. The number of ether oxygens (including phenoxy) is 1. The van der Waals surface area contributed by atoms with E-state index in [1.165, 1.54) is 19.2 Å². The quantitative estimate of drug-likeness (QED) is 0.813. The fourth-order valence-electron chi connectivity index (χ4n) is 2.29. The first-order chi connectivity index (χ1) is 7.99. The molecule has 4 heteroatoms. The molecule has 3 nitrogen and oxygen atoms in total. The second kappa shape index (κ2) is 4.11. The van der Waals surface area contributed by atoms with Crippen LogP contribution in [0.3, 0.4) is 0 Å². The lowest BCUT2D eigenvalue weighted by molar-refractivity contribution is -0.143. The summed E-state index contributed by atoms with van der Waals surface area (Å²) >= 11 is 0. The van der Waals surface area contributed by atoms with E-state index in [0.717, 1.165) is 24.0 Å². The fraction of sp³-hybridized carbons (Fsp3) is 0.462. The van der Waals surface area contributed by atoms with Crippen molar-refractivity contribution in [1.29, 1.82) is 0 Å². The van der Waals surface area contributed by atoms with Gasteiger partial charge in [0.2, 0.25) is 0 Å². The van der Waals surface area contributed by atoms with Crippen LogP contribution in [0.15, 0.2) is 18.2 Å². The fourth-order valence-corrected chi connectivity index (χ4v) is 2.29. The molecule has 0 aromatic heterocycles. The number of esters is 1. The van der Waals surface area contributed by atoms with E-state index in [0.29, 0.717) is 0 Å². The lowest BCUT2D eigenvalue weighted by Gasteiger charge is -2.22. The molecule has 0 amide bonds. The maximum Gasteiger partial charge on any atom is 0.323 e. The van der Waals surface area contributed by atoms with Crippen LogP contribution in [-0.4, -0.2) is 19.1 Å². The molecule has 1 aliphatic carbocycles. The van der Waals surface area contributed by atoms with Gasteiger partial charge < -0.3 is 10.5 Å². The van der Waals surface area contributed by atoms with Crippen LogP contribution in [0.5, 0.6) is 0 Å². The number of nitrogens with two attached hydrogens (primary N) is 1. The van der Waals surface area contributed by atoms with Crippen molar-refractivity contribution in [3.63, 3.8) is 0 Å². The summed E-state index contributed by atoms with van der Waals surface area (Å²) in [7, 11) is 1.31. The molecule has 1 atom stereocenters. The molecule has 1 aromatic rings. The van der Waals surface area contributed by atoms with E-state index >= 15 is 0 Å². The summed E-state index contributed by atoms with van der Waals surface area (Å²) in [5.74, 6) is -0.729. The van der Waals surface area contributed by atoms with E-state index in [1.54, 1.807) is 0 Å². The van der Waals surface area contributed by atoms with E-state index in [1.807, 2.05) is 13.0 Å². The monoisotopic (exact) mass is 237 g/mol. The molecule has 92 valence electrons. The van der Waals surface area contributed by atoms with Crippen molar-refractivity contribution < 1.29 is 13.9 Å². The van der Waals surface area contributed by atoms with Gasteiger partial charge in [0.15, 0.2) is 0 Å². The van der Waals surface area contributed by atoms with E-state index in [9.17, 15) is 9.18 Å². The first kappa shape index (κ1) is 12.0. The molecule has 1 fully saturated rings. The molecule has 0 saturated heterocycles. The molecule has 0 spiro atoms. The van der Waals surface area contributed by atoms with Crippen molar-refractivity contribution in [2.45, 2.75) is 31.2 Å². The van der Waals surface area contributed by atoms with E-state index < -0.39 is 17.4 Å². The minimum absolute atomic E-state index is 0.289. The number of hydrogen-bond acceptors (Lipinski definition) is 3. The van der Waals surface area contributed by atoms with Gasteiger partial charge in [-0.25, -0.2) is 4.39 Å². The number of rotatable bonds is 3. The van der Waals surface area contributed by atoms with Gasteiger partial charge in [-0.15, -0.1) is 0 Å². The molecular formula is C13H16FNO2. The maximum absolute atomic E-state index is 13.4. The number of methoxy groups -OCH3 is 1. The molecular weight excluding hydrogens is 221 g/mol. The standard InChI is InChI=1S/C13H16FNO2/c1-8-5-9(7-10(14)6-8)13(3-4-13)11(15)12(16)17-2/h5-7,11H,3-4,15H2,1-2H3. The van der Waals surface area contributed by atoms with Crippen LogP contribution in [0, 0.1) is 12.7 Å². The highest BCUT2D eigenvalue weighted by Gasteiger charge is 2.52. The van der Waals surface area contributed by atoms with Crippen molar-refractivity contribution >= 4 is 5.97 Å². The first-order valence-electron chi connectivity index (χ1n) is 5.61. The van der Waals surface area contributed by atoms with Crippen molar-refractivity contribution in [2.24, 2.45) is 5.73 Å². The summed E-state index contributed by atoms with van der Waals surface area (Å²) in [6.45, 7) is 1.83. The van der Waals surface area contributed by atoms with Crippen LogP contribution in [0.25, 0.3) is 0 Å². The number of aryl methyl sites for hydroxylation is 1. The Kier molecular flexibility index (Phi) is 2.91. The van der Waals surface area contributed by atoms with E-state index in [2.05, 4.69) is 4.74 Å². The van der Waals surface area contributed by atoms with Crippen LogP contribution < -0.4 is 5.73 Å². The zero-order valence-electron chi connectivity index (χ0n) is 10.00. The lowest BCUT2D eigenvalue weighted by atomic mass is 9.87. The molecule has 0 bridgehead atoms. The third-order valence-corrected chi connectivity index (χ3v) is 3.46. The highest BCUT2D eigenvalue weighted by molar-refractivity contribution is 5.78. The largest absolute Gasteiger partial charge is 0.468 e. The smallest absolute Gasteiger partial charge is 0.323 e. The molecule has 2 rings (SSSR count). The predicted molar refractivity (Wildman–Crippen MR) is 62.0 cm³/mol. The summed E-state index contributed by atoms with van der Waals surface area (Å²) in [5.41, 5.74) is 7.11. The van der Waals surface area contributed by atoms with Crippen LogP contribution in [0.4, 0.5) is 4.39 Å². The van der Waals surface area contributed by atoms with Gasteiger partial charge in [-0.05, 0) is 43.0 Å². The number of halogens is 1. The summed E-state index contributed by atoms with van der Waals surface area (Å²) in [4.78, 5) is 11.5. The maximum atomic E-state index is 13.4. The van der Waals surface area contributed by atoms with E-state index in [4.69, 9.17) is 5.73 Å². The summed E-state index contributed by atoms with van der Waals surface area (Å²) in [6.07, 6.45) is 1.60. The minimum atomic E-state index is -0.714. The molecule has 1 unspecified atom stereocenters. The molecule has 1 aliphatic rings. The second-order valence-electron chi connectivity index (χ2n) is 4.67. The molecule has 1 aromatic carbocycles.